The van der Waals surface area contributed by atoms with Gasteiger partial charge < -0.3 is 4.90 Å². The number of halogens is 1. The lowest BCUT2D eigenvalue weighted by molar-refractivity contribution is 0.0987. The molecule has 1 unspecified atom stereocenters. The molecule has 144 valence electrons. The molecule has 3 heterocycles. The number of hydrogen-bond acceptors (Lipinski definition) is 5. The number of rotatable bonds is 6. The van der Waals surface area contributed by atoms with Gasteiger partial charge in [0.15, 0.2) is 5.65 Å². The zero-order valence-corrected chi connectivity index (χ0v) is 16.6. The highest BCUT2D eigenvalue weighted by Gasteiger charge is 2.37. The summed E-state index contributed by atoms with van der Waals surface area (Å²) in [7, 11) is 4.11. The summed E-state index contributed by atoms with van der Waals surface area (Å²) in [5.74, 6) is 0.503. The van der Waals surface area contributed by atoms with Crippen LogP contribution in [-0.4, -0.2) is 48.0 Å². The van der Waals surface area contributed by atoms with Gasteiger partial charge in [0.2, 0.25) is 0 Å². The van der Waals surface area contributed by atoms with Crippen molar-refractivity contribution in [3.63, 3.8) is 0 Å². The van der Waals surface area contributed by atoms with Crippen LogP contribution in [0.1, 0.15) is 28.5 Å². The molecule has 0 saturated carbocycles. The molecule has 0 radical (unpaired) electrons. The van der Waals surface area contributed by atoms with Crippen molar-refractivity contribution in [2.45, 2.75) is 12.6 Å². The van der Waals surface area contributed by atoms with Crippen LogP contribution in [0.3, 0.4) is 0 Å². The van der Waals surface area contributed by atoms with Crippen molar-refractivity contribution >= 4 is 34.4 Å². The van der Waals surface area contributed by atoms with E-state index < -0.39 is 0 Å². The van der Waals surface area contributed by atoms with Crippen molar-refractivity contribution in [3.8, 4) is 0 Å². The van der Waals surface area contributed by atoms with E-state index in [9.17, 15) is 4.79 Å². The predicted molar refractivity (Wildman–Crippen MR) is 112 cm³/mol. The molecule has 1 aliphatic heterocycles. The minimum Gasteiger partial charge on any atom is -0.309 e. The Kier molecular flexibility index (Phi) is 5.26. The summed E-state index contributed by atoms with van der Waals surface area (Å²) in [5, 5.41) is 4.79. The minimum absolute atomic E-state index is 0.0606. The lowest BCUT2D eigenvalue weighted by Gasteiger charge is -2.26. The number of amides is 1. The van der Waals surface area contributed by atoms with Crippen molar-refractivity contribution < 1.29 is 4.79 Å². The van der Waals surface area contributed by atoms with Gasteiger partial charge in [-0.05, 0) is 63.9 Å². The Balaban J connectivity index is 1.68. The maximum Gasteiger partial charge on any atom is 0.261 e. The van der Waals surface area contributed by atoms with Crippen LogP contribution < -0.4 is 10.2 Å². The van der Waals surface area contributed by atoms with Crippen molar-refractivity contribution in [1.82, 2.24) is 20.2 Å². The Morgan fingerprint density at radius 3 is 2.71 bits per heavy atom. The van der Waals surface area contributed by atoms with Crippen LogP contribution in [0.15, 0.2) is 48.5 Å². The van der Waals surface area contributed by atoms with Gasteiger partial charge in [-0.3, -0.25) is 15.0 Å². The average molecular weight is 396 g/mol. The number of benzene rings is 1. The molecule has 0 saturated heterocycles. The van der Waals surface area contributed by atoms with E-state index in [4.69, 9.17) is 11.6 Å². The lowest BCUT2D eigenvalue weighted by Crippen LogP contribution is -2.38. The maximum absolute atomic E-state index is 13.1. The first-order valence-corrected chi connectivity index (χ1v) is 9.66. The molecule has 1 amide bonds. The summed E-state index contributed by atoms with van der Waals surface area (Å²) < 4.78 is 0. The Morgan fingerprint density at radius 1 is 1.11 bits per heavy atom. The van der Waals surface area contributed by atoms with Crippen molar-refractivity contribution in [2.24, 2.45) is 0 Å². The van der Waals surface area contributed by atoms with E-state index in [2.05, 4.69) is 34.3 Å². The smallest absolute Gasteiger partial charge is 0.261 e. The molecule has 4 rings (SSSR count). The Hall–Kier alpha value is -2.54. The zero-order chi connectivity index (χ0) is 19.7. The second-order valence-electron chi connectivity index (χ2n) is 7.13. The van der Waals surface area contributed by atoms with Gasteiger partial charge in [-0.15, -0.1) is 0 Å². The van der Waals surface area contributed by atoms with E-state index >= 15 is 0 Å². The highest BCUT2D eigenvalue weighted by molar-refractivity contribution is 6.29. The molecule has 0 aliphatic carbocycles. The number of nitrogens with zero attached hydrogens (tertiary/aromatic N) is 4. The Morgan fingerprint density at radius 2 is 1.89 bits per heavy atom. The Bertz CT molecular complexity index is 1020. The van der Waals surface area contributed by atoms with Crippen LogP contribution >= 0.6 is 11.6 Å². The van der Waals surface area contributed by atoms with Gasteiger partial charge in [0.05, 0.1) is 0 Å². The van der Waals surface area contributed by atoms with Gasteiger partial charge in [-0.2, -0.15) is 0 Å². The van der Waals surface area contributed by atoms with E-state index in [-0.39, 0.29) is 12.1 Å². The fourth-order valence-electron chi connectivity index (χ4n) is 3.49. The lowest BCUT2D eigenvalue weighted by atomic mass is 10.1. The highest BCUT2D eigenvalue weighted by atomic mass is 35.5. The first-order chi connectivity index (χ1) is 13.5. The largest absolute Gasteiger partial charge is 0.309 e. The fourth-order valence-corrected chi connectivity index (χ4v) is 3.63. The van der Waals surface area contributed by atoms with Crippen molar-refractivity contribution in [2.75, 3.05) is 32.1 Å². The summed E-state index contributed by atoms with van der Waals surface area (Å²) in [6, 6.07) is 15.1. The number of anilines is 1. The highest BCUT2D eigenvalue weighted by Crippen LogP contribution is 2.35. The van der Waals surface area contributed by atoms with E-state index in [0.717, 1.165) is 30.5 Å². The van der Waals surface area contributed by atoms with Gasteiger partial charge >= 0.3 is 0 Å². The van der Waals surface area contributed by atoms with Gasteiger partial charge in [0, 0.05) is 16.5 Å². The number of nitrogens with one attached hydrogen (secondary N) is 1. The predicted octanol–water partition coefficient (Wildman–Crippen LogP) is 3.48. The Labute approximate surface area is 169 Å². The topological polar surface area (TPSA) is 61.4 Å². The molecule has 1 aliphatic rings. The average Bonchev–Trinajstić information content (AvgIpc) is 2.97. The summed E-state index contributed by atoms with van der Waals surface area (Å²) in [6.07, 6.45) is 0.728. The van der Waals surface area contributed by atoms with Gasteiger partial charge in [0.25, 0.3) is 5.91 Å². The number of aromatic nitrogens is 2. The molecule has 3 aromatic rings. The molecule has 2 aromatic heterocycles. The van der Waals surface area contributed by atoms with E-state index in [1.54, 1.807) is 11.0 Å². The molecule has 1 atom stereocenters. The maximum atomic E-state index is 13.1. The van der Waals surface area contributed by atoms with Gasteiger partial charge in [-0.25, -0.2) is 9.97 Å². The quantitative estimate of drug-likeness (QED) is 0.511. The summed E-state index contributed by atoms with van der Waals surface area (Å²) >= 11 is 6.02. The number of pyridine rings is 2. The van der Waals surface area contributed by atoms with Crippen LogP contribution in [0.25, 0.3) is 11.0 Å². The molecule has 1 aromatic carbocycles. The summed E-state index contributed by atoms with van der Waals surface area (Å²) in [6.45, 7) is 1.77. The molecular weight excluding hydrogens is 374 g/mol. The second-order valence-corrected chi connectivity index (χ2v) is 7.51. The molecule has 0 fully saturated rings. The van der Waals surface area contributed by atoms with E-state index in [1.165, 1.54) is 0 Å². The normalized spacial score (nSPS) is 16.2. The third kappa shape index (κ3) is 3.58. The van der Waals surface area contributed by atoms with Crippen LogP contribution in [-0.2, 0) is 0 Å². The second kappa shape index (κ2) is 7.83. The first kappa shape index (κ1) is 18.8. The minimum atomic E-state index is -0.255. The van der Waals surface area contributed by atoms with Gasteiger partial charge in [-0.1, -0.05) is 29.8 Å². The van der Waals surface area contributed by atoms with Crippen LogP contribution in [0.5, 0.6) is 0 Å². The van der Waals surface area contributed by atoms with Crippen LogP contribution in [0.2, 0.25) is 5.15 Å². The zero-order valence-electron chi connectivity index (χ0n) is 15.9. The molecule has 7 heteroatoms. The van der Waals surface area contributed by atoms with Crippen LogP contribution in [0.4, 0.5) is 5.82 Å². The summed E-state index contributed by atoms with van der Waals surface area (Å²) in [5.41, 5.74) is 2.20. The third-order valence-electron chi connectivity index (χ3n) is 4.83. The number of carbonyl (C=O) groups excluding carboxylic acids is 1. The third-order valence-corrected chi connectivity index (χ3v) is 5.04. The molecule has 28 heavy (non-hydrogen) atoms. The van der Waals surface area contributed by atoms with E-state index in [0.29, 0.717) is 22.2 Å². The van der Waals surface area contributed by atoms with Crippen molar-refractivity contribution in [1.29, 1.82) is 0 Å². The van der Waals surface area contributed by atoms with Crippen molar-refractivity contribution in [3.05, 3.63) is 64.8 Å². The SMILES string of the molecule is CN(C)CCCNC1c2ccccc2C(=O)N1c1ccc2ccc(Cl)nc2n1. The molecule has 0 bridgehead atoms. The summed E-state index contributed by atoms with van der Waals surface area (Å²) in [4.78, 5) is 25.9. The number of hydrogen-bond donors (Lipinski definition) is 1. The van der Waals surface area contributed by atoms with E-state index in [1.807, 2.05) is 42.5 Å². The van der Waals surface area contributed by atoms with Gasteiger partial charge in [0.1, 0.15) is 17.1 Å². The fraction of sp³-hybridized carbons (Fsp3) is 0.286. The standard InChI is InChI=1S/C21H22ClN5O/c1-26(2)13-5-12-23-20-15-6-3-4-7-16(15)21(28)27(20)18-11-9-14-8-10-17(22)24-19(14)25-18/h3-4,6-11,20,23H,5,12-13H2,1-2H3. The molecule has 6 nitrogen and oxygen atoms in total. The monoisotopic (exact) mass is 395 g/mol. The first-order valence-electron chi connectivity index (χ1n) is 9.28. The molecule has 1 N–H and O–H groups in total. The number of fused-ring (bicyclic) bond motifs is 2. The number of carbonyl (C=O) groups is 1. The molecule has 0 spiro atoms. The molecular formula is C21H22ClN5O. The van der Waals surface area contributed by atoms with Crippen LogP contribution in [0, 0.1) is 0 Å².